The lowest BCUT2D eigenvalue weighted by molar-refractivity contribution is 0.608. The van der Waals surface area contributed by atoms with E-state index in [1.807, 2.05) is 38.1 Å². The van der Waals surface area contributed by atoms with Gasteiger partial charge in [0.15, 0.2) is 11.5 Å². The average molecular weight is 280 g/mol. The minimum atomic E-state index is 0.265. The van der Waals surface area contributed by atoms with Crippen LogP contribution in [0.3, 0.4) is 0 Å². The van der Waals surface area contributed by atoms with Gasteiger partial charge in [0.2, 0.25) is 0 Å². The molecule has 2 heterocycles. The van der Waals surface area contributed by atoms with Crippen LogP contribution in [0.15, 0.2) is 24.4 Å². The van der Waals surface area contributed by atoms with Crippen LogP contribution in [-0.2, 0) is 6.54 Å². The van der Waals surface area contributed by atoms with Crippen LogP contribution in [0.1, 0.15) is 22.6 Å². The lowest BCUT2D eigenvalue weighted by Crippen LogP contribution is -2.11. The first-order valence-corrected chi connectivity index (χ1v) is 6.33. The maximum Gasteiger partial charge on any atom is 0.182 e. The van der Waals surface area contributed by atoms with E-state index in [9.17, 15) is 0 Å². The van der Waals surface area contributed by atoms with Crippen LogP contribution in [-0.4, -0.2) is 35.2 Å². The minimum absolute atomic E-state index is 0.265. The summed E-state index contributed by atoms with van der Waals surface area (Å²) in [6, 6.07) is 7.96. The molecule has 0 aliphatic carbocycles. The van der Waals surface area contributed by atoms with E-state index in [0.29, 0.717) is 12.4 Å². The van der Waals surface area contributed by atoms with Gasteiger partial charge in [-0.15, -0.1) is 10.2 Å². The van der Waals surface area contributed by atoms with Crippen LogP contribution < -0.4 is 0 Å². The molecule has 0 unspecified atom stereocenters. The third-order valence-corrected chi connectivity index (χ3v) is 3.14. The fourth-order valence-corrected chi connectivity index (χ4v) is 2.19. The second-order valence-electron chi connectivity index (χ2n) is 4.66. The van der Waals surface area contributed by atoms with Crippen molar-refractivity contribution in [1.82, 2.24) is 35.2 Å². The van der Waals surface area contributed by atoms with Crippen LogP contribution in [0.2, 0.25) is 0 Å². The summed E-state index contributed by atoms with van der Waals surface area (Å²) in [6.07, 6.45) is 1.56. The summed E-state index contributed by atoms with van der Waals surface area (Å²) in [5, 5.41) is 28.2. The molecular formula is C13H12N8. The van der Waals surface area contributed by atoms with Gasteiger partial charge in [-0.05, 0) is 35.4 Å². The summed E-state index contributed by atoms with van der Waals surface area (Å²) in [5.41, 5.74) is 3.39. The molecule has 0 radical (unpaired) electrons. The monoisotopic (exact) mass is 280 g/mol. The molecule has 8 heteroatoms. The third-order valence-electron chi connectivity index (χ3n) is 3.14. The zero-order valence-electron chi connectivity index (χ0n) is 11.6. The maximum atomic E-state index is 8.77. The van der Waals surface area contributed by atoms with Crippen LogP contribution in [0.4, 0.5) is 0 Å². The zero-order chi connectivity index (χ0) is 14.8. The summed E-state index contributed by atoms with van der Waals surface area (Å²) >= 11 is 0. The molecule has 104 valence electrons. The van der Waals surface area contributed by atoms with Gasteiger partial charge in [-0.3, -0.25) is 0 Å². The molecule has 0 atom stereocenters. The maximum absolute atomic E-state index is 8.77. The van der Waals surface area contributed by atoms with E-state index in [0.717, 1.165) is 16.8 Å². The Labute approximate surface area is 120 Å². The molecule has 2 aromatic heterocycles. The molecule has 0 spiro atoms. The lowest BCUT2D eigenvalue weighted by Gasteiger charge is -2.10. The Kier molecular flexibility index (Phi) is 3.16. The standard InChI is InChI=1S/C13H12N8/c1-9-4-3-5-10(2)13(9)21-12(16-17-19-21)8-20-7-11(6-14)15-18-20/h3-5,7H,8H2,1-2H3. The Morgan fingerprint density at radius 3 is 2.57 bits per heavy atom. The van der Waals surface area contributed by atoms with Crippen molar-refractivity contribution in [3.05, 3.63) is 47.0 Å². The molecule has 21 heavy (non-hydrogen) atoms. The molecule has 3 rings (SSSR count). The Balaban J connectivity index is 2.00. The molecular weight excluding hydrogens is 268 g/mol. The number of rotatable bonds is 3. The SMILES string of the molecule is Cc1cccc(C)c1-n1nnnc1Cn1cc(C#N)nn1. The number of nitrogens with zero attached hydrogens (tertiary/aromatic N) is 8. The Morgan fingerprint density at radius 2 is 1.90 bits per heavy atom. The molecule has 0 bridgehead atoms. The van der Waals surface area contributed by atoms with Gasteiger partial charge < -0.3 is 0 Å². The smallest absolute Gasteiger partial charge is 0.182 e. The molecule has 0 saturated carbocycles. The van der Waals surface area contributed by atoms with Crippen molar-refractivity contribution in [2.24, 2.45) is 0 Å². The highest BCUT2D eigenvalue weighted by Crippen LogP contribution is 2.18. The highest BCUT2D eigenvalue weighted by molar-refractivity contribution is 5.46. The van der Waals surface area contributed by atoms with Crippen molar-refractivity contribution >= 4 is 0 Å². The number of benzene rings is 1. The summed E-state index contributed by atoms with van der Waals surface area (Å²) in [7, 11) is 0. The van der Waals surface area contributed by atoms with Crippen molar-refractivity contribution in [3.63, 3.8) is 0 Å². The molecule has 0 fully saturated rings. The lowest BCUT2D eigenvalue weighted by atomic mass is 10.1. The van der Waals surface area contributed by atoms with E-state index in [-0.39, 0.29) is 5.69 Å². The Morgan fingerprint density at radius 1 is 1.14 bits per heavy atom. The topological polar surface area (TPSA) is 98.1 Å². The van der Waals surface area contributed by atoms with Gasteiger partial charge in [0.1, 0.15) is 12.6 Å². The molecule has 1 aromatic carbocycles. The molecule has 0 saturated heterocycles. The quantitative estimate of drug-likeness (QED) is 0.703. The van der Waals surface area contributed by atoms with E-state index < -0.39 is 0 Å². The first-order valence-electron chi connectivity index (χ1n) is 6.33. The van der Waals surface area contributed by atoms with Crippen LogP contribution in [0.5, 0.6) is 0 Å². The van der Waals surface area contributed by atoms with Crippen molar-refractivity contribution in [2.45, 2.75) is 20.4 Å². The number of aromatic nitrogens is 7. The number of hydrogen-bond acceptors (Lipinski definition) is 6. The fraction of sp³-hybridized carbons (Fsp3) is 0.231. The summed E-state index contributed by atoms with van der Waals surface area (Å²) in [4.78, 5) is 0. The zero-order valence-corrected chi connectivity index (χ0v) is 11.6. The van der Waals surface area contributed by atoms with E-state index in [2.05, 4.69) is 25.8 Å². The summed E-state index contributed by atoms with van der Waals surface area (Å²) in [5.74, 6) is 0.627. The predicted octanol–water partition coefficient (Wildman–Crippen LogP) is 0.791. The van der Waals surface area contributed by atoms with Crippen LogP contribution in [0, 0.1) is 25.2 Å². The van der Waals surface area contributed by atoms with Gasteiger partial charge >= 0.3 is 0 Å². The first kappa shape index (κ1) is 12.9. The Hall–Kier alpha value is -3.08. The van der Waals surface area contributed by atoms with Gasteiger partial charge in [0.05, 0.1) is 11.9 Å². The van der Waals surface area contributed by atoms with Crippen molar-refractivity contribution in [1.29, 1.82) is 5.26 Å². The summed E-state index contributed by atoms with van der Waals surface area (Å²) in [6.45, 7) is 4.36. The van der Waals surface area contributed by atoms with Gasteiger partial charge in [0, 0.05) is 0 Å². The van der Waals surface area contributed by atoms with Gasteiger partial charge in [-0.25, -0.2) is 4.68 Å². The van der Waals surface area contributed by atoms with Gasteiger partial charge in [0.25, 0.3) is 0 Å². The summed E-state index contributed by atoms with van der Waals surface area (Å²) < 4.78 is 3.23. The number of tetrazole rings is 1. The first-order chi connectivity index (χ1) is 10.2. The van der Waals surface area contributed by atoms with Crippen LogP contribution in [0.25, 0.3) is 5.69 Å². The normalized spacial score (nSPS) is 10.5. The molecule has 8 nitrogen and oxygen atoms in total. The Bertz CT molecular complexity index is 803. The van der Waals surface area contributed by atoms with Crippen LogP contribution >= 0.6 is 0 Å². The fourth-order valence-electron chi connectivity index (χ4n) is 2.19. The number of hydrogen-bond donors (Lipinski definition) is 0. The average Bonchev–Trinajstić information content (AvgIpc) is 3.09. The largest absolute Gasteiger partial charge is 0.243 e. The molecule has 3 aromatic rings. The molecule has 0 N–H and O–H groups in total. The second kappa shape index (κ2) is 5.13. The van der Waals surface area contributed by atoms with Crippen molar-refractivity contribution in [2.75, 3.05) is 0 Å². The molecule has 0 amide bonds. The van der Waals surface area contributed by atoms with Gasteiger partial charge in [-0.2, -0.15) is 9.94 Å². The van der Waals surface area contributed by atoms with Gasteiger partial charge in [-0.1, -0.05) is 23.4 Å². The van der Waals surface area contributed by atoms with E-state index in [1.54, 1.807) is 10.9 Å². The highest BCUT2D eigenvalue weighted by Gasteiger charge is 2.13. The number of aryl methyl sites for hydroxylation is 2. The molecule has 0 aliphatic rings. The third kappa shape index (κ3) is 2.36. The number of nitriles is 1. The highest BCUT2D eigenvalue weighted by atomic mass is 15.6. The predicted molar refractivity (Wildman–Crippen MR) is 72.5 cm³/mol. The van der Waals surface area contributed by atoms with E-state index >= 15 is 0 Å². The van der Waals surface area contributed by atoms with Crippen molar-refractivity contribution < 1.29 is 0 Å². The second-order valence-corrected chi connectivity index (χ2v) is 4.66. The number of para-hydroxylation sites is 1. The van der Waals surface area contributed by atoms with E-state index in [1.165, 1.54) is 4.68 Å². The van der Waals surface area contributed by atoms with E-state index in [4.69, 9.17) is 5.26 Å². The van der Waals surface area contributed by atoms with Crippen molar-refractivity contribution in [3.8, 4) is 11.8 Å². The molecule has 0 aliphatic heterocycles. The minimum Gasteiger partial charge on any atom is -0.243 e.